The third-order valence-electron chi connectivity index (χ3n) is 2.05. The van der Waals surface area contributed by atoms with Gasteiger partial charge in [0.25, 0.3) is 0 Å². The quantitative estimate of drug-likeness (QED) is 0.545. The van der Waals surface area contributed by atoms with E-state index in [1.807, 2.05) is 0 Å². The van der Waals surface area contributed by atoms with Crippen molar-refractivity contribution in [2.45, 2.75) is 5.54 Å². The molecule has 0 aliphatic heterocycles. The van der Waals surface area contributed by atoms with E-state index in [0.29, 0.717) is 0 Å². The number of rotatable bonds is 4. The van der Waals surface area contributed by atoms with E-state index in [4.69, 9.17) is 10.8 Å². The van der Waals surface area contributed by atoms with Gasteiger partial charge in [-0.2, -0.15) is 0 Å². The standard InChI is InChI=1S/C9H10N2O4/c10-9(8(12)13,6-11(14)15)7-4-2-1-3-5-7/h1-5H,6,10H2,(H,12,13). The van der Waals surface area contributed by atoms with Gasteiger partial charge in [0.05, 0.1) is 0 Å². The molecule has 0 saturated heterocycles. The molecule has 0 bridgehead atoms. The van der Waals surface area contributed by atoms with Gasteiger partial charge >= 0.3 is 5.97 Å². The average Bonchev–Trinajstić information content (AvgIpc) is 2.17. The Morgan fingerprint density at radius 1 is 1.47 bits per heavy atom. The maximum Gasteiger partial charge on any atom is 0.335 e. The SMILES string of the molecule is NC(C[N+](=O)[O-])(C(=O)O)c1ccccc1. The van der Waals surface area contributed by atoms with Crippen LogP contribution in [0.25, 0.3) is 0 Å². The number of hydrogen-bond donors (Lipinski definition) is 2. The van der Waals surface area contributed by atoms with Crippen molar-refractivity contribution in [1.29, 1.82) is 0 Å². The molecule has 15 heavy (non-hydrogen) atoms. The van der Waals surface area contributed by atoms with Crippen molar-refractivity contribution < 1.29 is 14.8 Å². The fourth-order valence-electron chi connectivity index (χ4n) is 1.22. The molecule has 0 fully saturated rings. The van der Waals surface area contributed by atoms with Gasteiger partial charge in [0.2, 0.25) is 12.1 Å². The van der Waals surface area contributed by atoms with E-state index in [2.05, 4.69) is 0 Å². The molecule has 6 nitrogen and oxygen atoms in total. The summed E-state index contributed by atoms with van der Waals surface area (Å²) in [4.78, 5) is 20.5. The van der Waals surface area contributed by atoms with E-state index in [-0.39, 0.29) is 5.56 Å². The molecule has 0 heterocycles. The Morgan fingerprint density at radius 2 is 2.00 bits per heavy atom. The Kier molecular flexibility index (Phi) is 3.01. The number of aliphatic carboxylic acids is 1. The van der Waals surface area contributed by atoms with Crippen LogP contribution in [0, 0.1) is 10.1 Å². The van der Waals surface area contributed by atoms with Gasteiger partial charge in [-0.15, -0.1) is 0 Å². The molecule has 0 aliphatic carbocycles. The molecule has 1 atom stereocenters. The van der Waals surface area contributed by atoms with Crippen LogP contribution in [0.2, 0.25) is 0 Å². The van der Waals surface area contributed by atoms with Crippen LogP contribution < -0.4 is 5.73 Å². The van der Waals surface area contributed by atoms with Gasteiger partial charge in [0.15, 0.2) is 0 Å². The van der Waals surface area contributed by atoms with Crippen LogP contribution in [-0.4, -0.2) is 22.5 Å². The fraction of sp³-hybridized carbons (Fsp3) is 0.222. The molecular formula is C9H10N2O4. The largest absolute Gasteiger partial charge is 0.479 e. The molecule has 0 spiro atoms. The smallest absolute Gasteiger partial charge is 0.335 e. The Balaban J connectivity index is 3.13. The Labute approximate surface area is 85.5 Å². The second kappa shape index (κ2) is 4.05. The zero-order chi connectivity index (χ0) is 11.5. The van der Waals surface area contributed by atoms with E-state index in [0.717, 1.165) is 0 Å². The van der Waals surface area contributed by atoms with Crippen LogP contribution >= 0.6 is 0 Å². The molecule has 1 aromatic rings. The third-order valence-corrected chi connectivity index (χ3v) is 2.05. The van der Waals surface area contributed by atoms with E-state index < -0.39 is 23.0 Å². The number of carboxylic acid groups (broad SMARTS) is 1. The number of carbonyl (C=O) groups is 1. The molecule has 6 heteroatoms. The molecule has 1 unspecified atom stereocenters. The Bertz CT molecular complexity index is 379. The summed E-state index contributed by atoms with van der Waals surface area (Å²) in [6, 6.07) is 7.76. The minimum absolute atomic E-state index is 0.217. The van der Waals surface area contributed by atoms with Crippen molar-refractivity contribution in [3.63, 3.8) is 0 Å². The maximum absolute atomic E-state index is 10.9. The van der Waals surface area contributed by atoms with Gasteiger partial charge in [-0.05, 0) is 5.56 Å². The fourth-order valence-corrected chi connectivity index (χ4v) is 1.22. The third kappa shape index (κ3) is 2.29. The number of nitro groups is 1. The first-order valence-electron chi connectivity index (χ1n) is 4.16. The van der Waals surface area contributed by atoms with Crippen LogP contribution in [-0.2, 0) is 10.3 Å². The summed E-state index contributed by atoms with van der Waals surface area (Å²) in [5.74, 6) is -1.41. The highest BCUT2D eigenvalue weighted by molar-refractivity contribution is 5.80. The van der Waals surface area contributed by atoms with Crippen molar-refractivity contribution in [2.75, 3.05) is 6.54 Å². The second-order valence-corrected chi connectivity index (χ2v) is 3.13. The van der Waals surface area contributed by atoms with Crippen LogP contribution in [0.4, 0.5) is 0 Å². The van der Waals surface area contributed by atoms with E-state index in [9.17, 15) is 14.9 Å². The first kappa shape index (κ1) is 11.1. The van der Waals surface area contributed by atoms with E-state index >= 15 is 0 Å². The van der Waals surface area contributed by atoms with Gasteiger partial charge in [-0.1, -0.05) is 30.3 Å². The molecule has 0 saturated carbocycles. The lowest BCUT2D eigenvalue weighted by Crippen LogP contribution is -2.50. The summed E-state index contributed by atoms with van der Waals surface area (Å²) < 4.78 is 0. The summed E-state index contributed by atoms with van der Waals surface area (Å²) in [6.07, 6.45) is 0. The van der Waals surface area contributed by atoms with Gasteiger partial charge in [0.1, 0.15) is 0 Å². The number of nitrogens with two attached hydrogens (primary N) is 1. The first-order valence-corrected chi connectivity index (χ1v) is 4.16. The Hall–Kier alpha value is -1.95. The normalized spacial score (nSPS) is 14.2. The zero-order valence-electron chi connectivity index (χ0n) is 7.79. The average molecular weight is 210 g/mol. The minimum atomic E-state index is -1.97. The molecule has 3 N–H and O–H groups in total. The van der Waals surface area contributed by atoms with Gasteiger partial charge in [-0.25, -0.2) is 4.79 Å². The van der Waals surface area contributed by atoms with Crippen molar-refractivity contribution in [1.82, 2.24) is 0 Å². The lowest BCUT2D eigenvalue weighted by molar-refractivity contribution is -0.488. The monoisotopic (exact) mass is 210 g/mol. The number of carboxylic acids is 1. The molecule has 0 aliphatic rings. The van der Waals surface area contributed by atoms with Crippen LogP contribution in [0.15, 0.2) is 30.3 Å². The lowest BCUT2D eigenvalue weighted by Gasteiger charge is -2.20. The predicted octanol–water partition coefficient (Wildman–Crippen LogP) is 0.202. The summed E-state index contributed by atoms with van der Waals surface area (Å²) in [7, 11) is 0. The van der Waals surface area contributed by atoms with Crippen molar-refractivity contribution in [3.8, 4) is 0 Å². The molecule has 0 radical (unpaired) electrons. The van der Waals surface area contributed by atoms with E-state index in [1.54, 1.807) is 18.2 Å². The van der Waals surface area contributed by atoms with Crippen LogP contribution in [0.5, 0.6) is 0 Å². The molecule has 1 rings (SSSR count). The zero-order valence-corrected chi connectivity index (χ0v) is 7.79. The highest BCUT2D eigenvalue weighted by Crippen LogP contribution is 2.18. The van der Waals surface area contributed by atoms with Gasteiger partial charge in [-0.3, -0.25) is 10.1 Å². The summed E-state index contributed by atoms with van der Waals surface area (Å²) in [5.41, 5.74) is 3.77. The van der Waals surface area contributed by atoms with Gasteiger partial charge < -0.3 is 10.8 Å². The van der Waals surface area contributed by atoms with E-state index in [1.165, 1.54) is 12.1 Å². The lowest BCUT2D eigenvalue weighted by atomic mass is 9.91. The van der Waals surface area contributed by atoms with Crippen LogP contribution in [0.1, 0.15) is 5.56 Å². The molecule has 1 aromatic carbocycles. The topological polar surface area (TPSA) is 106 Å². The summed E-state index contributed by atoms with van der Waals surface area (Å²) >= 11 is 0. The van der Waals surface area contributed by atoms with Crippen LogP contribution in [0.3, 0.4) is 0 Å². The molecular weight excluding hydrogens is 200 g/mol. The Morgan fingerprint density at radius 3 is 2.40 bits per heavy atom. The second-order valence-electron chi connectivity index (χ2n) is 3.13. The van der Waals surface area contributed by atoms with Crippen molar-refractivity contribution >= 4 is 5.97 Å². The molecule has 80 valence electrons. The highest BCUT2D eigenvalue weighted by atomic mass is 16.6. The molecule has 0 aromatic heterocycles. The number of nitrogens with zero attached hydrogens (tertiary/aromatic N) is 1. The number of hydrogen-bond acceptors (Lipinski definition) is 4. The van der Waals surface area contributed by atoms with Gasteiger partial charge in [0, 0.05) is 4.92 Å². The molecule has 0 amide bonds. The summed E-state index contributed by atoms with van der Waals surface area (Å²) in [6.45, 7) is -0.841. The first-order chi connectivity index (χ1) is 6.97. The van der Waals surface area contributed by atoms with Crippen molar-refractivity contribution in [2.24, 2.45) is 5.73 Å². The highest BCUT2D eigenvalue weighted by Gasteiger charge is 2.41. The van der Waals surface area contributed by atoms with Crippen molar-refractivity contribution in [3.05, 3.63) is 46.0 Å². The maximum atomic E-state index is 10.9. The number of benzene rings is 1. The summed E-state index contributed by atoms with van der Waals surface area (Å²) in [5, 5.41) is 19.3. The predicted molar refractivity (Wildman–Crippen MR) is 51.8 cm³/mol. The minimum Gasteiger partial charge on any atom is -0.479 e.